The number of imidazole rings is 1. The first-order valence-electron chi connectivity index (χ1n) is 11.9. The van der Waals surface area contributed by atoms with Gasteiger partial charge in [-0.2, -0.15) is 8.78 Å². The monoisotopic (exact) mass is 492 g/mol. The number of carboxylic acid groups (broad SMARTS) is 1. The Bertz CT molecular complexity index is 1380. The van der Waals surface area contributed by atoms with Crippen molar-refractivity contribution >= 4 is 11.6 Å². The number of fused-ring (bicyclic) bond motifs is 1. The Labute approximate surface area is 206 Å². The molecule has 1 saturated carbocycles. The summed E-state index contributed by atoms with van der Waals surface area (Å²) >= 11 is 0. The molecule has 0 radical (unpaired) electrons. The van der Waals surface area contributed by atoms with E-state index < -0.39 is 12.6 Å². The van der Waals surface area contributed by atoms with E-state index in [2.05, 4.69) is 15.0 Å². The highest BCUT2D eigenvalue weighted by Crippen LogP contribution is 2.34. The van der Waals surface area contributed by atoms with Gasteiger partial charge in [-0.25, -0.2) is 15.0 Å². The van der Waals surface area contributed by atoms with E-state index in [1.165, 1.54) is 0 Å². The van der Waals surface area contributed by atoms with Crippen LogP contribution in [0.5, 0.6) is 5.75 Å². The first-order valence-corrected chi connectivity index (χ1v) is 11.9. The fraction of sp³-hybridized carbons (Fsp3) is 0.333. The van der Waals surface area contributed by atoms with Crippen LogP contribution in [0.1, 0.15) is 54.4 Å². The van der Waals surface area contributed by atoms with Gasteiger partial charge < -0.3 is 14.2 Å². The van der Waals surface area contributed by atoms with E-state index in [1.807, 2.05) is 29.7 Å². The number of carbonyl (C=O) groups is 1. The number of nitrogens with zero attached hydrogens (tertiary/aromatic N) is 4. The minimum absolute atomic E-state index is 0.152. The number of hydrogen-bond donors (Lipinski definition) is 1. The summed E-state index contributed by atoms with van der Waals surface area (Å²) < 4.78 is 32.4. The summed E-state index contributed by atoms with van der Waals surface area (Å²) in [6.45, 7) is -0.994. The van der Waals surface area contributed by atoms with Gasteiger partial charge in [0.25, 0.3) is 0 Å². The van der Waals surface area contributed by atoms with Crippen molar-refractivity contribution in [2.75, 3.05) is 0 Å². The Morgan fingerprint density at radius 1 is 1.08 bits per heavy atom. The van der Waals surface area contributed by atoms with Gasteiger partial charge in [-0.3, -0.25) is 4.79 Å². The quantitative estimate of drug-likeness (QED) is 0.359. The van der Waals surface area contributed by atoms with E-state index in [9.17, 15) is 18.7 Å². The maximum atomic E-state index is 12.9. The third kappa shape index (κ3) is 4.91. The molecule has 36 heavy (non-hydrogen) atoms. The van der Waals surface area contributed by atoms with Crippen molar-refractivity contribution in [2.24, 2.45) is 5.92 Å². The Kier molecular flexibility index (Phi) is 6.63. The van der Waals surface area contributed by atoms with Crippen molar-refractivity contribution in [1.29, 1.82) is 0 Å². The van der Waals surface area contributed by atoms with Gasteiger partial charge in [0.1, 0.15) is 17.2 Å². The van der Waals surface area contributed by atoms with Crippen LogP contribution in [0.15, 0.2) is 55.0 Å². The van der Waals surface area contributed by atoms with Crippen LogP contribution in [0.4, 0.5) is 8.78 Å². The fourth-order valence-corrected chi connectivity index (χ4v) is 4.93. The normalized spacial score (nSPS) is 18.0. The number of ether oxygens (including phenoxy) is 1. The van der Waals surface area contributed by atoms with Crippen LogP contribution in [0.3, 0.4) is 0 Å². The number of para-hydroxylation sites is 1. The molecule has 0 atom stereocenters. The second kappa shape index (κ2) is 10.0. The highest BCUT2D eigenvalue weighted by atomic mass is 19.3. The molecule has 1 fully saturated rings. The number of hydrogen-bond acceptors (Lipinski definition) is 5. The first-order chi connectivity index (χ1) is 17.4. The predicted octanol–water partition coefficient (Wildman–Crippen LogP) is 5.65. The largest absolute Gasteiger partial charge is 0.481 e. The number of carboxylic acids is 1. The van der Waals surface area contributed by atoms with Crippen LogP contribution < -0.4 is 4.74 Å². The van der Waals surface area contributed by atoms with Gasteiger partial charge in [0.2, 0.25) is 0 Å². The lowest BCUT2D eigenvalue weighted by atomic mass is 9.81. The molecule has 0 amide bonds. The van der Waals surface area contributed by atoms with Gasteiger partial charge in [0.05, 0.1) is 11.6 Å². The number of halogens is 2. The summed E-state index contributed by atoms with van der Waals surface area (Å²) in [6.07, 6.45) is 8.77. The van der Waals surface area contributed by atoms with Crippen molar-refractivity contribution in [3.05, 3.63) is 77.8 Å². The van der Waals surface area contributed by atoms with Crippen LogP contribution in [-0.2, 0) is 11.2 Å². The summed E-state index contributed by atoms with van der Waals surface area (Å²) in [4.78, 5) is 25.0. The lowest BCUT2D eigenvalue weighted by Gasteiger charge is -2.24. The molecule has 1 aromatic carbocycles. The number of benzene rings is 1. The van der Waals surface area contributed by atoms with Crippen LogP contribution in [0, 0.1) is 12.8 Å². The van der Waals surface area contributed by atoms with E-state index in [0.29, 0.717) is 24.8 Å². The summed E-state index contributed by atoms with van der Waals surface area (Å²) in [7, 11) is 0. The molecule has 186 valence electrons. The third-order valence-corrected chi connectivity index (χ3v) is 6.91. The molecule has 4 aromatic rings. The zero-order valence-corrected chi connectivity index (χ0v) is 19.8. The summed E-state index contributed by atoms with van der Waals surface area (Å²) in [5, 5.41) is 9.21. The highest BCUT2D eigenvalue weighted by molar-refractivity contribution is 5.70. The Balaban J connectivity index is 1.40. The van der Waals surface area contributed by atoms with Crippen molar-refractivity contribution in [1.82, 2.24) is 19.4 Å². The lowest BCUT2D eigenvalue weighted by molar-refractivity contribution is -0.142. The van der Waals surface area contributed by atoms with E-state index in [0.717, 1.165) is 46.8 Å². The number of alkyl halides is 2. The van der Waals surface area contributed by atoms with Crippen LogP contribution in [0.2, 0.25) is 0 Å². The van der Waals surface area contributed by atoms with Gasteiger partial charge in [-0.15, -0.1) is 0 Å². The van der Waals surface area contributed by atoms with Gasteiger partial charge >= 0.3 is 12.6 Å². The molecule has 0 bridgehead atoms. The average Bonchev–Trinajstić information content (AvgIpc) is 3.19. The highest BCUT2D eigenvalue weighted by Gasteiger charge is 2.28. The number of aromatic nitrogens is 4. The third-order valence-electron chi connectivity index (χ3n) is 6.91. The summed E-state index contributed by atoms with van der Waals surface area (Å²) in [5.41, 5.74) is 4.84. The molecule has 0 unspecified atom stereocenters. The van der Waals surface area contributed by atoms with Crippen LogP contribution in [-0.4, -0.2) is 37.0 Å². The molecule has 1 aliphatic carbocycles. The number of aryl methyl sites for hydroxylation is 1. The molecule has 0 spiro atoms. The molecule has 9 heteroatoms. The standard InChI is InChI=1S/C27H26F2N4O3/c1-16-22(12-19-4-2-3-5-23(19)36-27(28)29)33-15-20(10-11-24(33)32-16)21-13-30-25(31-14-21)17-6-8-18(9-7-17)26(34)35/h2-5,10-11,13-15,17-18,27H,6-9,12H2,1H3,(H,34,35)/t17-,18-. The zero-order chi connectivity index (χ0) is 25.2. The maximum absolute atomic E-state index is 12.9. The number of pyridine rings is 1. The van der Waals surface area contributed by atoms with E-state index in [-0.39, 0.29) is 17.6 Å². The molecule has 3 heterocycles. The average molecular weight is 493 g/mol. The first kappa shape index (κ1) is 23.8. The van der Waals surface area contributed by atoms with Crippen molar-refractivity contribution in [3.63, 3.8) is 0 Å². The predicted molar refractivity (Wildman–Crippen MR) is 129 cm³/mol. The minimum atomic E-state index is -2.89. The maximum Gasteiger partial charge on any atom is 0.387 e. The molecular weight excluding hydrogens is 466 g/mol. The van der Waals surface area contributed by atoms with Crippen molar-refractivity contribution in [2.45, 2.75) is 51.6 Å². The second-order valence-corrected chi connectivity index (χ2v) is 9.17. The van der Waals surface area contributed by atoms with E-state index in [4.69, 9.17) is 4.74 Å². The molecule has 0 saturated heterocycles. The fourth-order valence-electron chi connectivity index (χ4n) is 4.93. The molecular formula is C27H26F2N4O3. The zero-order valence-electron chi connectivity index (χ0n) is 19.8. The SMILES string of the molecule is Cc1nc2ccc(-c3cnc([C@H]4CC[C@H](C(=O)O)CC4)nc3)cn2c1Cc1ccccc1OC(F)F. The smallest absolute Gasteiger partial charge is 0.387 e. The molecule has 1 N–H and O–H groups in total. The number of aliphatic carboxylic acids is 1. The minimum Gasteiger partial charge on any atom is -0.481 e. The van der Waals surface area contributed by atoms with Crippen molar-refractivity contribution in [3.8, 4) is 16.9 Å². The van der Waals surface area contributed by atoms with Gasteiger partial charge in [-0.05, 0) is 50.8 Å². The topological polar surface area (TPSA) is 89.6 Å². The van der Waals surface area contributed by atoms with Gasteiger partial charge in [0, 0.05) is 53.3 Å². The van der Waals surface area contributed by atoms with Crippen molar-refractivity contribution < 1.29 is 23.4 Å². The summed E-state index contributed by atoms with van der Waals surface area (Å²) in [5.74, 6) is 0.0849. The molecule has 7 nitrogen and oxygen atoms in total. The molecule has 0 aliphatic heterocycles. The molecule has 1 aliphatic rings. The Hall–Kier alpha value is -3.88. The van der Waals surface area contributed by atoms with Crippen LogP contribution >= 0.6 is 0 Å². The van der Waals surface area contributed by atoms with E-state index >= 15 is 0 Å². The Morgan fingerprint density at radius 3 is 2.50 bits per heavy atom. The summed E-state index contributed by atoms with van der Waals surface area (Å²) in [6, 6.07) is 10.6. The molecule has 3 aromatic heterocycles. The lowest BCUT2D eigenvalue weighted by Crippen LogP contribution is -2.21. The van der Waals surface area contributed by atoms with Gasteiger partial charge in [-0.1, -0.05) is 18.2 Å². The number of rotatable bonds is 7. The Morgan fingerprint density at radius 2 is 1.81 bits per heavy atom. The molecule has 5 rings (SSSR count). The second-order valence-electron chi connectivity index (χ2n) is 9.17. The van der Waals surface area contributed by atoms with Crippen LogP contribution in [0.25, 0.3) is 16.8 Å². The van der Waals surface area contributed by atoms with Gasteiger partial charge in [0.15, 0.2) is 0 Å². The van der Waals surface area contributed by atoms with E-state index in [1.54, 1.807) is 36.7 Å².